The standard InChI is InChI=1S/C50H66N8O9/c1-11-41(60)56-19-16-33(27-56)46(62)54(8)42(29(3)4)45(61)52-39-22-31-20-34(23-35(59)21-31)32-14-15-40-36(24-32)37(44(57(40)12-2)38-26-51-55(9)43(38)30(5)66-10)25-49(6,7)28-67-48(64)50(65)17-13-18-58(53-50)47(39)63/h11,14-15,20-21,23-24,26,29-30,33,39,42,53,59,65H,1,12-13,16-19,22,25,27-28H2,2-10H3,(H,52,61)/t30-,33-,39-,42-,50-/m0/s1. The van der Waals surface area contributed by atoms with E-state index in [0.29, 0.717) is 37.1 Å². The minimum Gasteiger partial charge on any atom is -0.508 e. The number of carbonyl (C=O) groups excluding carboxylic acids is 5. The van der Waals surface area contributed by atoms with Gasteiger partial charge in [-0.25, -0.2) is 4.79 Å². The number of nitrogens with one attached hydrogen (secondary N) is 2. The van der Waals surface area contributed by atoms with Crippen molar-refractivity contribution in [2.75, 3.05) is 40.4 Å². The van der Waals surface area contributed by atoms with Gasteiger partial charge < -0.3 is 39.4 Å². The zero-order valence-corrected chi connectivity index (χ0v) is 40.2. The molecule has 0 aliphatic carbocycles. The summed E-state index contributed by atoms with van der Waals surface area (Å²) in [6.45, 7) is 16.5. The number of likely N-dealkylation sites (N-methyl/N-ethyl adjacent to an activating group) is 1. The summed E-state index contributed by atoms with van der Waals surface area (Å²) >= 11 is 0. The normalized spacial score (nSPS) is 22.0. The van der Waals surface area contributed by atoms with Gasteiger partial charge in [0.1, 0.15) is 17.8 Å². The second kappa shape index (κ2) is 19.3. The summed E-state index contributed by atoms with van der Waals surface area (Å²) in [4.78, 5) is 72.4. The Morgan fingerprint density at radius 3 is 2.55 bits per heavy atom. The quantitative estimate of drug-likeness (QED) is 0.128. The third kappa shape index (κ3) is 9.72. The number of hydrazine groups is 1. The van der Waals surface area contributed by atoms with Crippen LogP contribution < -0.4 is 10.7 Å². The molecule has 67 heavy (non-hydrogen) atoms. The Morgan fingerprint density at radius 1 is 1.12 bits per heavy atom. The van der Waals surface area contributed by atoms with E-state index in [9.17, 15) is 34.2 Å². The number of likely N-dealkylation sites (tertiary alicyclic amines) is 1. The van der Waals surface area contributed by atoms with E-state index in [2.05, 4.69) is 46.0 Å². The van der Waals surface area contributed by atoms with Crippen LogP contribution in [0.1, 0.15) is 83.7 Å². The molecule has 3 aliphatic heterocycles. The Labute approximate surface area is 392 Å². The zero-order chi connectivity index (χ0) is 48.7. The minimum atomic E-state index is -2.27. The van der Waals surface area contributed by atoms with Crippen LogP contribution in [0.2, 0.25) is 0 Å². The highest BCUT2D eigenvalue weighted by molar-refractivity contribution is 5.96. The molecule has 7 rings (SSSR count). The smallest absolute Gasteiger partial charge is 0.355 e. The molecule has 17 heteroatoms. The fourth-order valence-electron chi connectivity index (χ4n) is 10.2. The minimum absolute atomic E-state index is 0.0410. The molecule has 17 nitrogen and oxygen atoms in total. The first-order valence-corrected chi connectivity index (χ1v) is 23.2. The lowest BCUT2D eigenvalue weighted by Crippen LogP contribution is -2.67. The van der Waals surface area contributed by atoms with Crippen molar-refractivity contribution in [3.05, 3.63) is 72.1 Å². The first-order chi connectivity index (χ1) is 31.7. The molecular weight excluding hydrogens is 857 g/mol. The number of phenols is 1. The van der Waals surface area contributed by atoms with Crippen LogP contribution in [0, 0.1) is 17.3 Å². The maximum absolute atomic E-state index is 14.7. The van der Waals surface area contributed by atoms with Gasteiger partial charge in [-0.2, -0.15) is 10.5 Å². The van der Waals surface area contributed by atoms with Crippen molar-refractivity contribution in [1.29, 1.82) is 0 Å². The molecular formula is C50H66N8O9. The third-order valence-electron chi connectivity index (χ3n) is 13.6. The highest BCUT2D eigenvalue weighted by Gasteiger charge is 2.46. The van der Waals surface area contributed by atoms with E-state index in [0.717, 1.165) is 44.0 Å². The number of esters is 1. The maximum Gasteiger partial charge on any atom is 0.355 e. The number of aromatic hydroxyl groups is 1. The van der Waals surface area contributed by atoms with Gasteiger partial charge in [0.05, 0.1) is 36.2 Å². The Kier molecular flexibility index (Phi) is 14.1. The van der Waals surface area contributed by atoms with Gasteiger partial charge in [-0.3, -0.25) is 28.9 Å². The number of carbonyl (C=O) groups is 5. The van der Waals surface area contributed by atoms with Crippen molar-refractivity contribution in [1.82, 2.24) is 39.9 Å². The zero-order valence-electron chi connectivity index (χ0n) is 40.2. The van der Waals surface area contributed by atoms with E-state index in [4.69, 9.17) is 9.47 Å². The number of amides is 4. The highest BCUT2D eigenvalue weighted by Crippen LogP contribution is 2.43. The number of aryl methyl sites for hydroxylation is 2. The molecule has 4 aromatic rings. The molecule has 5 heterocycles. The molecule has 2 fully saturated rings. The van der Waals surface area contributed by atoms with Crippen LogP contribution in [0.4, 0.5) is 0 Å². The molecule has 0 radical (unpaired) electrons. The molecule has 5 atom stereocenters. The van der Waals surface area contributed by atoms with Crippen LogP contribution in [-0.4, -0.2) is 127 Å². The first kappa shape index (κ1) is 48.9. The van der Waals surface area contributed by atoms with Gasteiger partial charge in [-0.15, -0.1) is 0 Å². The Hall–Kier alpha value is -6.04. The van der Waals surface area contributed by atoms with Crippen LogP contribution in [0.3, 0.4) is 0 Å². The Bertz CT molecular complexity index is 2580. The van der Waals surface area contributed by atoms with Gasteiger partial charge in [0.2, 0.25) is 23.4 Å². The van der Waals surface area contributed by atoms with Gasteiger partial charge in [0.25, 0.3) is 5.91 Å². The number of nitrogens with zero attached hydrogens (tertiary/aromatic N) is 6. The summed E-state index contributed by atoms with van der Waals surface area (Å²) in [5, 5.41) is 32.9. The van der Waals surface area contributed by atoms with Crippen molar-refractivity contribution in [3.8, 4) is 28.1 Å². The average molecular weight is 923 g/mol. The lowest BCUT2D eigenvalue weighted by atomic mass is 9.84. The lowest BCUT2D eigenvalue weighted by molar-refractivity contribution is -0.189. The molecule has 2 saturated heterocycles. The summed E-state index contributed by atoms with van der Waals surface area (Å²) < 4.78 is 15.9. The molecule has 4 amide bonds. The van der Waals surface area contributed by atoms with E-state index >= 15 is 0 Å². The molecule has 4 N–H and O–H groups in total. The number of cyclic esters (lactones) is 1. The summed E-state index contributed by atoms with van der Waals surface area (Å²) in [6, 6.07) is 8.91. The molecule has 0 spiro atoms. The second-order valence-electron chi connectivity index (χ2n) is 19.5. The van der Waals surface area contributed by atoms with Crippen molar-refractivity contribution in [3.63, 3.8) is 0 Å². The predicted molar refractivity (Wildman–Crippen MR) is 252 cm³/mol. The van der Waals surface area contributed by atoms with Crippen LogP contribution in [0.25, 0.3) is 33.3 Å². The number of ether oxygens (including phenoxy) is 2. The molecule has 2 aromatic carbocycles. The maximum atomic E-state index is 14.7. The number of aliphatic hydroxyl groups is 1. The number of fused-ring (bicyclic) bond motifs is 6. The van der Waals surface area contributed by atoms with Gasteiger partial charge in [-0.05, 0) is 91.6 Å². The summed E-state index contributed by atoms with van der Waals surface area (Å²) in [7, 11) is 5.10. The van der Waals surface area contributed by atoms with Crippen LogP contribution in [0.5, 0.6) is 5.75 Å². The summed E-state index contributed by atoms with van der Waals surface area (Å²) in [5.41, 5.74) is 6.50. The predicted octanol–water partition coefficient (Wildman–Crippen LogP) is 4.63. The molecule has 3 aliphatic rings. The number of aromatic nitrogens is 3. The first-order valence-electron chi connectivity index (χ1n) is 23.2. The number of phenolic OH excluding ortho intramolecular Hbond substituents is 1. The summed E-state index contributed by atoms with van der Waals surface area (Å²) in [5.74, 6) is -3.73. The number of benzene rings is 2. The van der Waals surface area contributed by atoms with Crippen molar-refractivity contribution in [2.45, 2.75) is 104 Å². The highest BCUT2D eigenvalue weighted by atomic mass is 16.6. The summed E-state index contributed by atoms with van der Waals surface area (Å²) in [6.07, 6.45) is 3.76. The fraction of sp³-hybridized carbons (Fsp3) is 0.520. The van der Waals surface area contributed by atoms with E-state index < -0.39 is 52.8 Å². The number of methoxy groups -OCH3 is 1. The monoisotopic (exact) mass is 922 g/mol. The van der Waals surface area contributed by atoms with E-state index in [1.165, 1.54) is 17.0 Å². The van der Waals surface area contributed by atoms with Crippen LogP contribution in [0.15, 0.2) is 55.3 Å². The van der Waals surface area contributed by atoms with Gasteiger partial charge in [-0.1, -0.05) is 46.4 Å². The number of rotatable bonds is 10. The van der Waals surface area contributed by atoms with Crippen LogP contribution in [-0.2, 0) is 59.9 Å². The van der Waals surface area contributed by atoms with E-state index in [1.54, 1.807) is 39.0 Å². The van der Waals surface area contributed by atoms with E-state index in [1.807, 2.05) is 50.8 Å². The van der Waals surface area contributed by atoms with Crippen molar-refractivity contribution < 1.29 is 43.7 Å². The molecule has 6 bridgehead atoms. The molecule has 0 saturated carbocycles. The number of hydrogen-bond acceptors (Lipinski definition) is 11. The molecule has 2 aromatic heterocycles. The van der Waals surface area contributed by atoms with Crippen molar-refractivity contribution in [2.24, 2.45) is 24.3 Å². The lowest BCUT2D eigenvalue weighted by Gasteiger charge is -2.40. The average Bonchev–Trinajstić information content (AvgIpc) is 4.01. The molecule has 360 valence electrons. The molecule has 0 unspecified atom stereocenters. The van der Waals surface area contributed by atoms with Gasteiger partial charge >= 0.3 is 5.97 Å². The van der Waals surface area contributed by atoms with Crippen molar-refractivity contribution >= 4 is 40.5 Å². The SMILES string of the molecule is C=CC(=O)N1CC[C@H](C(=O)N(C)[C@H](C(=O)N[C@H]2Cc3cc(O)cc(c3)-c3ccc4c(c3)c(c(-c3cnn(C)c3[C@H](C)OC)n4CC)CC(C)(C)COC(=O)[C@@]3(O)CCCN(N3)C2=O)C(C)C)C1. The van der Waals surface area contributed by atoms with Crippen LogP contribution >= 0.6 is 0 Å². The second-order valence-corrected chi connectivity index (χ2v) is 19.5. The topological polar surface area (TPSA) is 201 Å². The third-order valence-corrected chi connectivity index (χ3v) is 13.6. The van der Waals surface area contributed by atoms with Gasteiger partial charge in [0.15, 0.2) is 0 Å². The largest absolute Gasteiger partial charge is 0.508 e. The fourth-order valence-corrected chi connectivity index (χ4v) is 10.2. The Balaban J connectivity index is 1.33. The number of hydrogen-bond donors (Lipinski definition) is 4. The van der Waals surface area contributed by atoms with Gasteiger partial charge in [0, 0.05) is 82.1 Å². The Morgan fingerprint density at radius 2 is 1.87 bits per heavy atom. The van der Waals surface area contributed by atoms with E-state index in [-0.39, 0.29) is 62.6 Å².